The molecule has 0 aliphatic rings. The van der Waals surface area contributed by atoms with Gasteiger partial charge >= 0.3 is 0 Å². The van der Waals surface area contributed by atoms with Gasteiger partial charge in [0, 0.05) is 25.8 Å². The Labute approximate surface area is 126 Å². The van der Waals surface area contributed by atoms with Crippen molar-refractivity contribution < 1.29 is 0 Å². The number of unbranched alkanes of at least 4 members (excludes halogenated alkanes) is 1. The van der Waals surface area contributed by atoms with Gasteiger partial charge in [-0.25, -0.2) is 0 Å². The van der Waals surface area contributed by atoms with E-state index >= 15 is 0 Å². The Hall–Kier alpha value is -2.17. The first-order valence-corrected chi connectivity index (χ1v) is 7.49. The van der Waals surface area contributed by atoms with Gasteiger partial charge in [-0.3, -0.25) is 0 Å². The van der Waals surface area contributed by atoms with Crippen LogP contribution in [-0.2, 0) is 0 Å². The van der Waals surface area contributed by atoms with Gasteiger partial charge in [0.15, 0.2) is 5.82 Å². The number of rotatable bonds is 7. The van der Waals surface area contributed by atoms with Crippen LogP contribution >= 0.6 is 0 Å². The van der Waals surface area contributed by atoms with Crippen molar-refractivity contribution in [1.82, 2.24) is 15.2 Å². The van der Waals surface area contributed by atoms with Crippen LogP contribution in [0.25, 0.3) is 0 Å². The third-order valence-corrected chi connectivity index (χ3v) is 3.38. The van der Waals surface area contributed by atoms with E-state index in [4.69, 9.17) is 0 Å². The minimum absolute atomic E-state index is 0.676. The quantitative estimate of drug-likeness (QED) is 0.781. The first-order valence-electron chi connectivity index (χ1n) is 7.49. The van der Waals surface area contributed by atoms with E-state index in [1.54, 1.807) is 6.20 Å². The number of hydrogen-bond donors (Lipinski definition) is 0. The summed E-state index contributed by atoms with van der Waals surface area (Å²) < 4.78 is 0. The third-order valence-electron chi connectivity index (χ3n) is 3.38. The molecule has 0 saturated carbocycles. The molecule has 0 spiro atoms. The summed E-state index contributed by atoms with van der Waals surface area (Å²) in [4.78, 5) is 8.84. The number of nitrogens with zero attached hydrogens (tertiary/aromatic N) is 5. The van der Waals surface area contributed by atoms with Crippen LogP contribution in [0.1, 0.15) is 26.7 Å². The van der Waals surface area contributed by atoms with Crippen molar-refractivity contribution >= 4 is 17.5 Å². The molecule has 0 atom stereocenters. The number of para-hydroxylation sites is 1. The lowest BCUT2D eigenvalue weighted by molar-refractivity contribution is 0.738. The van der Waals surface area contributed by atoms with Crippen LogP contribution in [0.15, 0.2) is 36.5 Å². The molecule has 0 N–H and O–H groups in total. The second-order valence-electron chi connectivity index (χ2n) is 4.97. The van der Waals surface area contributed by atoms with Crippen molar-refractivity contribution in [2.75, 3.05) is 29.9 Å². The molecule has 21 heavy (non-hydrogen) atoms. The molecule has 112 valence electrons. The molecule has 5 nitrogen and oxygen atoms in total. The maximum Gasteiger partial charge on any atom is 0.247 e. The minimum atomic E-state index is 0.676. The summed E-state index contributed by atoms with van der Waals surface area (Å²) in [5, 5.41) is 8.25. The molecule has 2 aromatic rings. The fraction of sp³-hybridized carbons (Fsp3) is 0.438. The van der Waals surface area contributed by atoms with E-state index in [1.807, 2.05) is 25.2 Å². The van der Waals surface area contributed by atoms with Crippen molar-refractivity contribution in [2.45, 2.75) is 26.7 Å². The van der Waals surface area contributed by atoms with Gasteiger partial charge in [-0.05, 0) is 25.5 Å². The van der Waals surface area contributed by atoms with E-state index in [2.05, 4.69) is 51.0 Å². The van der Waals surface area contributed by atoms with Crippen LogP contribution in [-0.4, -0.2) is 35.3 Å². The molecule has 0 aliphatic carbocycles. The van der Waals surface area contributed by atoms with Crippen LogP contribution in [0.3, 0.4) is 0 Å². The van der Waals surface area contributed by atoms with Gasteiger partial charge in [0.2, 0.25) is 5.95 Å². The Morgan fingerprint density at radius 3 is 2.52 bits per heavy atom. The molecular weight excluding hydrogens is 262 g/mol. The second kappa shape index (κ2) is 7.57. The van der Waals surface area contributed by atoms with Crippen molar-refractivity contribution in [3.8, 4) is 0 Å². The predicted molar refractivity (Wildman–Crippen MR) is 87.1 cm³/mol. The van der Waals surface area contributed by atoms with Crippen LogP contribution in [0.2, 0.25) is 0 Å². The van der Waals surface area contributed by atoms with Gasteiger partial charge in [-0.1, -0.05) is 31.5 Å². The largest absolute Gasteiger partial charge is 0.343 e. The fourth-order valence-corrected chi connectivity index (χ4v) is 2.16. The summed E-state index contributed by atoms with van der Waals surface area (Å²) in [6.07, 6.45) is 4.00. The first-order chi connectivity index (χ1) is 10.3. The number of anilines is 3. The second-order valence-corrected chi connectivity index (χ2v) is 4.97. The van der Waals surface area contributed by atoms with Gasteiger partial charge in [0.25, 0.3) is 0 Å². The lowest BCUT2D eigenvalue weighted by Gasteiger charge is -2.23. The van der Waals surface area contributed by atoms with Crippen LogP contribution in [0.5, 0.6) is 0 Å². The monoisotopic (exact) mass is 285 g/mol. The first kappa shape index (κ1) is 15.2. The smallest absolute Gasteiger partial charge is 0.247 e. The molecular formula is C16H23N5. The van der Waals surface area contributed by atoms with E-state index in [-0.39, 0.29) is 0 Å². The topological polar surface area (TPSA) is 45.2 Å². The molecule has 1 aromatic heterocycles. The average molecular weight is 285 g/mol. The maximum absolute atomic E-state index is 4.65. The molecule has 5 heteroatoms. The highest BCUT2D eigenvalue weighted by Gasteiger charge is 2.12. The normalized spacial score (nSPS) is 10.4. The van der Waals surface area contributed by atoms with Gasteiger partial charge in [0.05, 0.1) is 6.20 Å². The van der Waals surface area contributed by atoms with E-state index in [9.17, 15) is 0 Å². The maximum atomic E-state index is 4.65. The van der Waals surface area contributed by atoms with Crippen LogP contribution in [0.4, 0.5) is 17.5 Å². The van der Waals surface area contributed by atoms with E-state index < -0.39 is 0 Å². The fourth-order valence-electron chi connectivity index (χ4n) is 2.16. The van der Waals surface area contributed by atoms with E-state index in [1.165, 1.54) is 0 Å². The molecule has 1 heterocycles. The Balaban J connectivity index is 2.23. The molecule has 0 radical (unpaired) electrons. The van der Waals surface area contributed by atoms with Crippen LogP contribution < -0.4 is 9.80 Å². The number of aromatic nitrogens is 3. The highest BCUT2D eigenvalue weighted by atomic mass is 15.3. The zero-order valence-electron chi connectivity index (χ0n) is 13.0. The Morgan fingerprint density at radius 2 is 1.86 bits per heavy atom. The summed E-state index contributed by atoms with van der Waals surface area (Å²) in [5.74, 6) is 1.51. The summed E-state index contributed by atoms with van der Waals surface area (Å²) in [7, 11) is 2.01. The van der Waals surface area contributed by atoms with Crippen molar-refractivity contribution in [1.29, 1.82) is 0 Å². The summed E-state index contributed by atoms with van der Waals surface area (Å²) in [5.41, 5.74) is 1.11. The third kappa shape index (κ3) is 3.90. The molecule has 0 fully saturated rings. The van der Waals surface area contributed by atoms with Gasteiger partial charge in [-0.2, -0.15) is 10.1 Å². The molecule has 2 rings (SSSR count). The molecule has 0 saturated heterocycles. The van der Waals surface area contributed by atoms with Crippen molar-refractivity contribution in [3.63, 3.8) is 0 Å². The molecule has 0 unspecified atom stereocenters. The van der Waals surface area contributed by atoms with Gasteiger partial charge < -0.3 is 9.80 Å². The van der Waals surface area contributed by atoms with Crippen molar-refractivity contribution in [2.24, 2.45) is 0 Å². The Morgan fingerprint density at radius 1 is 1.10 bits per heavy atom. The minimum Gasteiger partial charge on any atom is -0.343 e. The summed E-state index contributed by atoms with van der Waals surface area (Å²) >= 11 is 0. The van der Waals surface area contributed by atoms with E-state index in [0.717, 1.165) is 37.4 Å². The Bertz CT molecular complexity index is 543. The lowest BCUT2D eigenvalue weighted by atomic mass is 10.3. The molecule has 0 aliphatic heterocycles. The number of hydrogen-bond acceptors (Lipinski definition) is 5. The highest BCUT2D eigenvalue weighted by Crippen LogP contribution is 2.23. The SMILES string of the molecule is CCCCN(C)c1nncc(N(CC)c2ccccc2)n1. The lowest BCUT2D eigenvalue weighted by Crippen LogP contribution is -2.24. The molecule has 0 amide bonds. The summed E-state index contributed by atoms with van der Waals surface area (Å²) in [6.45, 7) is 6.06. The van der Waals surface area contributed by atoms with Crippen LogP contribution in [0, 0.1) is 0 Å². The van der Waals surface area contributed by atoms with E-state index in [0.29, 0.717) is 5.95 Å². The molecule has 1 aromatic carbocycles. The zero-order valence-corrected chi connectivity index (χ0v) is 13.0. The standard InChI is InChI=1S/C16H23N5/c1-4-6-12-20(3)16-18-15(13-17-19-16)21(5-2)14-10-8-7-9-11-14/h7-11,13H,4-6,12H2,1-3H3. The average Bonchev–Trinajstić information content (AvgIpc) is 2.54. The van der Waals surface area contributed by atoms with Gasteiger partial charge in [0.1, 0.15) is 0 Å². The predicted octanol–water partition coefficient (Wildman–Crippen LogP) is 3.27. The van der Waals surface area contributed by atoms with Gasteiger partial charge in [-0.15, -0.1) is 5.10 Å². The summed E-state index contributed by atoms with van der Waals surface area (Å²) in [6, 6.07) is 10.2. The zero-order chi connectivity index (χ0) is 15.1. The molecule has 0 bridgehead atoms. The van der Waals surface area contributed by atoms with Crippen molar-refractivity contribution in [3.05, 3.63) is 36.5 Å². The number of benzene rings is 1. The highest BCUT2D eigenvalue weighted by molar-refractivity contribution is 5.59. The Kier molecular flexibility index (Phi) is 5.49.